The highest BCUT2D eigenvalue weighted by atomic mass is 79.9. The van der Waals surface area contributed by atoms with Gasteiger partial charge in [0.1, 0.15) is 0 Å². The minimum absolute atomic E-state index is 0.203. The molecular formula is C14H19BrClN. The van der Waals surface area contributed by atoms with Gasteiger partial charge in [0.05, 0.1) is 0 Å². The van der Waals surface area contributed by atoms with Crippen LogP contribution in [0.25, 0.3) is 0 Å². The fourth-order valence-corrected chi connectivity index (χ4v) is 2.73. The summed E-state index contributed by atoms with van der Waals surface area (Å²) in [5.74, 6) is 1.37. The first kappa shape index (κ1) is 13.4. The number of hydrogen-bond donors (Lipinski definition) is 1. The number of nitrogens with one attached hydrogen (secondary N) is 1. The molecule has 2 rings (SSSR count). The van der Waals surface area contributed by atoms with Crippen molar-refractivity contribution in [1.82, 2.24) is 5.32 Å². The third-order valence-electron chi connectivity index (χ3n) is 3.17. The highest BCUT2D eigenvalue weighted by molar-refractivity contribution is 9.10. The normalized spacial score (nSPS) is 23.8. The molecule has 1 aromatic rings. The first-order valence-electron chi connectivity index (χ1n) is 6.07. The van der Waals surface area contributed by atoms with Gasteiger partial charge in [-0.1, -0.05) is 27.5 Å². The number of rotatable bonds is 3. The van der Waals surface area contributed by atoms with Gasteiger partial charge >= 0.3 is 0 Å². The van der Waals surface area contributed by atoms with Crippen molar-refractivity contribution in [2.75, 3.05) is 6.54 Å². The van der Waals surface area contributed by atoms with Crippen LogP contribution >= 0.6 is 27.5 Å². The highest BCUT2D eigenvalue weighted by Gasteiger charge is 2.39. The second-order valence-electron chi connectivity index (χ2n) is 5.90. The zero-order valence-electron chi connectivity index (χ0n) is 10.6. The molecule has 1 aliphatic carbocycles. The van der Waals surface area contributed by atoms with Crippen molar-refractivity contribution >= 4 is 27.5 Å². The Balaban J connectivity index is 1.96. The van der Waals surface area contributed by atoms with Gasteiger partial charge in [-0.2, -0.15) is 0 Å². The predicted octanol–water partition coefficient (Wildman–Crippen LogP) is 4.59. The Hall–Kier alpha value is -0.0500. The van der Waals surface area contributed by atoms with Crippen molar-refractivity contribution in [2.45, 2.75) is 38.6 Å². The van der Waals surface area contributed by atoms with E-state index in [-0.39, 0.29) is 5.54 Å². The summed E-state index contributed by atoms with van der Waals surface area (Å²) in [6, 6.07) is 6.13. The molecule has 0 radical (unpaired) electrons. The van der Waals surface area contributed by atoms with Crippen LogP contribution in [0.5, 0.6) is 0 Å². The zero-order chi connectivity index (χ0) is 12.6. The van der Waals surface area contributed by atoms with E-state index in [4.69, 9.17) is 11.6 Å². The van der Waals surface area contributed by atoms with Gasteiger partial charge in [0.25, 0.3) is 0 Å². The van der Waals surface area contributed by atoms with E-state index in [0.717, 1.165) is 22.0 Å². The molecule has 0 bridgehead atoms. The molecule has 0 heterocycles. The lowest BCUT2D eigenvalue weighted by Crippen LogP contribution is -2.37. The summed E-state index contributed by atoms with van der Waals surface area (Å²) in [7, 11) is 0. The van der Waals surface area contributed by atoms with E-state index in [1.165, 1.54) is 12.0 Å². The summed E-state index contributed by atoms with van der Waals surface area (Å²) in [4.78, 5) is 0. The Bertz CT molecular complexity index is 411. The second-order valence-corrected chi connectivity index (χ2v) is 7.22. The molecule has 1 N–H and O–H groups in total. The summed E-state index contributed by atoms with van der Waals surface area (Å²) in [5, 5.41) is 4.46. The van der Waals surface area contributed by atoms with Gasteiger partial charge in [-0.3, -0.25) is 0 Å². The summed E-state index contributed by atoms with van der Waals surface area (Å²) in [6.07, 6.45) is 1.25. The third-order valence-corrected chi connectivity index (χ3v) is 4.01. The average molecular weight is 317 g/mol. The molecule has 2 atom stereocenters. The first-order chi connectivity index (χ1) is 7.87. The quantitative estimate of drug-likeness (QED) is 0.859. The van der Waals surface area contributed by atoms with Gasteiger partial charge in [0.15, 0.2) is 0 Å². The molecule has 3 heteroatoms. The molecule has 1 aromatic carbocycles. The van der Waals surface area contributed by atoms with Crippen LogP contribution in [-0.4, -0.2) is 12.1 Å². The van der Waals surface area contributed by atoms with Crippen molar-refractivity contribution in [3.05, 3.63) is 33.3 Å². The molecule has 0 aromatic heterocycles. The monoisotopic (exact) mass is 315 g/mol. The van der Waals surface area contributed by atoms with Crippen molar-refractivity contribution in [1.29, 1.82) is 0 Å². The Kier molecular flexibility index (Phi) is 3.86. The molecule has 1 aliphatic rings. The molecule has 1 saturated carbocycles. The molecular weight excluding hydrogens is 298 g/mol. The van der Waals surface area contributed by atoms with Gasteiger partial charge < -0.3 is 5.32 Å². The molecule has 1 nitrogen and oxygen atoms in total. The molecule has 0 spiro atoms. The van der Waals surface area contributed by atoms with E-state index >= 15 is 0 Å². The lowest BCUT2D eigenvalue weighted by Gasteiger charge is -2.20. The highest BCUT2D eigenvalue weighted by Crippen LogP contribution is 2.49. The van der Waals surface area contributed by atoms with Crippen LogP contribution in [0.3, 0.4) is 0 Å². The van der Waals surface area contributed by atoms with Crippen LogP contribution in [0.15, 0.2) is 22.7 Å². The number of hydrogen-bond acceptors (Lipinski definition) is 1. The second kappa shape index (κ2) is 4.91. The van der Waals surface area contributed by atoms with Crippen molar-refractivity contribution in [3.8, 4) is 0 Å². The molecule has 2 unspecified atom stereocenters. The summed E-state index contributed by atoms with van der Waals surface area (Å²) in [5.41, 5.74) is 1.50. The SMILES string of the molecule is CC(C)(C)NCC1CC1c1cc(Br)ccc1Cl. The van der Waals surface area contributed by atoms with Gasteiger partial charge in [0, 0.05) is 15.0 Å². The van der Waals surface area contributed by atoms with Gasteiger partial charge in [-0.05, 0) is 69.3 Å². The summed E-state index contributed by atoms with van der Waals surface area (Å²) >= 11 is 9.75. The van der Waals surface area contributed by atoms with Crippen molar-refractivity contribution in [2.24, 2.45) is 5.92 Å². The molecule has 94 valence electrons. The Morgan fingerprint density at radius 1 is 1.41 bits per heavy atom. The fraction of sp³-hybridized carbons (Fsp3) is 0.571. The Morgan fingerprint density at radius 2 is 2.12 bits per heavy atom. The number of benzene rings is 1. The standard InChI is InChI=1S/C14H19BrClN/c1-14(2,3)17-8-9-6-11(9)12-7-10(15)4-5-13(12)16/h4-5,7,9,11,17H,6,8H2,1-3H3. The molecule has 0 aliphatic heterocycles. The van der Waals surface area contributed by atoms with Crippen LogP contribution in [0.4, 0.5) is 0 Å². The smallest absolute Gasteiger partial charge is 0.0441 e. The average Bonchev–Trinajstić information content (AvgIpc) is 2.97. The van der Waals surface area contributed by atoms with Crippen LogP contribution in [0.1, 0.15) is 38.7 Å². The van der Waals surface area contributed by atoms with Crippen molar-refractivity contribution in [3.63, 3.8) is 0 Å². The Labute approximate surface area is 117 Å². The lowest BCUT2D eigenvalue weighted by molar-refractivity contribution is 0.414. The Morgan fingerprint density at radius 3 is 2.76 bits per heavy atom. The van der Waals surface area contributed by atoms with E-state index in [1.807, 2.05) is 12.1 Å². The van der Waals surface area contributed by atoms with Gasteiger partial charge in [-0.15, -0.1) is 0 Å². The first-order valence-corrected chi connectivity index (χ1v) is 7.24. The molecule has 0 amide bonds. The number of halogens is 2. The van der Waals surface area contributed by atoms with E-state index in [1.54, 1.807) is 0 Å². The minimum atomic E-state index is 0.203. The molecule has 0 saturated heterocycles. The van der Waals surface area contributed by atoms with Crippen LogP contribution in [-0.2, 0) is 0 Å². The van der Waals surface area contributed by atoms with Crippen LogP contribution in [0, 0.1) is 5.92 Å². The van der Waals surface area contributed by atoms with E-state index in [0.29, 0.717) is 5.92 Å². The maximum Gasteiger partial charge on any atom is 0.0441 e. The molecule has 17 heavy (non-hydrogen) atoms. The fourth-order valence-electron chi connectivity index (χ4n) is 2.09. The van der Waals surface area contributed by atoms with E-state index in [9.17, 15) is 0 Å². The largest absolute Gasteiger partial charge is 0.312 e. The predicted molar refractivity (Wildman–Crippen MR) is 77.8 cm³/mol. The summed E-state index contributed by atoms with van der Waals surface area (Å²) < 4.78 is 1.12. The summed E-state index contributed by atoms with van der Waals surface area (Å²) in [6.45, 7) is 7.69. The van der Waals surface area contributed by atoms with Crippen LogP contribution in [0.2, 0.25) is 5.02 Å². The maximum absolute atomic E-state index is 6.25. The van der Waals surface area contributed by atoms with Gasteiger partial charge in [-0.25, -0.2) is 0 Å². The molecule has 1 fully saturated rings. The zero-order valence-corrected chi connectivity index (χ0v) is 12.9. The minimum Gasteiger partial charge on any atom is -0.312 e. The lowest BCUT2D eigenvalue weighted by atomic mass is 10.1. The van der Waals surface area contributed by atoms with Gasteiger partial charge in [0.2, 0.25) is 0 Å². The maximum atomic E-state index is 6.25. The third kappa shape index (κ3) is 3.70. The van der Waals surface area contributed by atoms with E-state index in [2.05, 4.69) is 48.1 Å². The van der Waals surface area contributed by atoms with E-state index < -0.39 is 0 Å². The topological polar surface area (TPSA) is 12.0 Å². The van der Waals surface area contributed by atoms with Crippen molar-refractivity contribution < 1.29 is 0 Å². The van der Waals surface area contributed by atoms with Crippen LogP contribution < -0.4 is 5.32 Å².